The van der Waals surface area contributed by atoms with E-state index in [1.807, 2.05) is 19.9 Å². The Bertz CT molecular complexity index is 433. The molecule has 0 N–H and O–H groups in total. The Kier molecular flexibility index (Phi) is 11.0. The largest absolute Gasteiger partial charge is 0.463 e. The van der Waals surface area contributed by atoms with Gasteiger partial charge in [-0.05, 0) is 43.0 Å². The third-order valence-corrected chi connectivity index (χ3v) is 10.7. The molecule has 0 heterocycles. The SMILES string of the molecule is CC#CCCC(/C=C/C(=O)OCC)O[Si](C(C)C)(C(C)C)C(C)C. The zero-order valence-corrected chi connectivity index (χ0v) is 17.8. The van der Waals surface area contributed by atoms with Crippen LogP contribution in [-0.4, -0.2) is 27.0 Å². The highest BCUT2D eigenvalue weighted by Gasteiger charge is 2.46. The maximum Gasteiger partial charge on any atom is 0.330 e. The fourth-order valence-corrected chi connectivity index (χ4v) is 9.12. The first-order chi connectivity index (χ1) is 11.2. The lowest BCUT2D eigenvalue weighted by atomic mass is 10.2. The summed E-state index contributed by atoms with van der Waals surface area (Å²) in [5, 5.41) is 0. The van der Waals surface area contributed by atoms with E-state index in [2.05, 4.69) is 53.4 Å². The Morgan fingerprint density at radius 3 is 2.04 bits per heavy atom. The second-order valence-corrected chi connectivity index (χ2v) is 12.5. The van der Waals surface area contributed by atoms with Crippen molar-refractivity contribution in [1.29, 1.82) is 0 Å². The normalized spacial score (nSPS) is 13.5. The molecule has 0 aliphatic carbocycles. The van der Waals surface area contributed by atoms with E-state index in [1.165, 1.54) is 6.08 Å². The van der Waals surface area contributed by atoms with Crippen LogP contribution in [0.3, 0.4) is 0 Å². The molecule has 0 fully saturated rings. The van der Waals surface area contributed by atoms with E-state index in [1.54, 1.807) is 0 Å². The van der Waals surface area contributed by atoms with Gasteiger partial charge in [0.25, 0.3) is 0 Å². The summed E-state index contributed by atoms with van der Waals surface area (Å²) in [6.07, 6.45) is 4.86. The lowest BCUT2D eigenvalue weighted by molar-refractivity contribution is -0.137. The van der Waals surface area contributed by atoms with Crippen LogP contribution in [0.15, 0.2) is 12.2 Å². The predicted molar refractivity (Wildman–Crippen MR) is 104 cm³/mol. The zero-order chi connectivity index (χ0) is 18.8. The van der Waals surface area contributed by atoms with Crippen LogP contribution in [0.4, 0.5) is 0 Å². The van der Waals surface area contributed by atoms with Crippen molar-refractivity contribution < 1.29 is 14.0 Å². The number of esters is 1. The minimum absolute atomic E-state index is 0.0888. The number of carbonyl (C=O) groups is 1. The first-order valence-corrected chi connectivity index (χ1v) is 11.3. The van der Waals surface area contributed by atoms with Gasteiger partial charge in [-0.3, -0.25) is 0 Å². The van der Waals surface area contributed by atoms with Gasteiger partial charge in [-0.2, -0.15) is 0 Å². The van der Waals surface area contributed by atoms with Crippen molar-refractivity contribution in [3.05, 3.63) is 12.2 Å². The van der Waals surface area contributed by atoms with E-state index in [0.717, 1.165) is 12.8 Å². The van der Waals surface area contributed by atoms with Crippen LogP contribution in [0.2, 0.25) is 16.6 Å². The second kappa shape index (κ2) is 11.5. The van der Waals surface area contributed by atoms with E-state index in [4.69, 9.17) is 9.16 Å². The fraction of sp³-hybridized carbons (Fsp3) is 0.750. The Hall–Kier alpha value is -1.05. The molecule has 4 heteroatoms. The van der Waals surface area contributed by atoms with E-state index in [-0.39, 0.29) is 12.1 Å². The van der Waals surface area contributed by atoms with Gasteiger partial charge in [0, 0.05) is 12.5 Å². The molecule has 0 aromatic rings. The van der Waals surface area contributed by atoms with Gasteiger partial charge in [0.15, 0.2) is 0 Å². The summed E-state index contributed by atoms with van der Waals surface area (Å²) in [6.45, 7) is 17.7. The first kappa shape index (κ1) is 22.9. The van der Waals surface area contributed by atoms with Crippen molar-refractivity contribution in [2.75, 3.05) is 6.61 Å². The van der Waals surface area contributed by atoms with Crippen LogP contribution in [0.1, 0.15) is 68.2 Å². The summed E-state index contributed by atoms with van der Waals surface area (Å²) in [4.78, 5) is 11.7. The second-order valence-electron chi connectivity index (χ2n) is 7.05. The van der Waals surface area contributed by atoms with Crippen LogP contribution in [0.5, 0.6) is 0 Å². The van der Waals surface area contributed by atoms with Gasteiger partial charge in [0.2, 0.25) is 8.32 Å². The zero-order valence-electron chi connectivity index (χ0n) is 16.8. The molecular weight excluding hydrogens is 316 g/mol. The van der Waals surface area contributed by atoms with Crippen molar-refractivity contribution in [3.63, 3.8) is 0 Å². The molecule has 0 rings (SSSR count). The molecule has 1 unspecified atom stereocenters. The lowest BCUT2D eigenvalue weighted by Gasteiger charge is -2.44. The summed E-state index contributed by atoms with van der Waals surface area (Å²) in [7, 11) is -1.99. The molecule has 1 atom stereocenters. The predicted octanol–water partition coefficient (Wildman–Crippen LogP) is 5.47. The average Bonchev–Trinajstić information content (AvgIpc) is 2.48. The number of carbonyl (C=O) groups excluding carboxylic acids is 1. The van der Waals surface area contributed by atoms with Crippen molar-refractivity contribution in [1.82, 2.24) is 0 Å². The van der Waals surface area contributed by atoms with Crippen LogP contribution >= 0.6 is 0 Å². The standard InChI is InChI=1S/C20H36O3Si/c1-9-11-12-13-19(14-15-20(21)22-10-2)23-24(16(3)4,17(5)6)18(7)8/h14-19H,10,12-13H2,1-8H3/b15-14+. The summed E-state index contributed by atoms with van der Waals surface area (Å²) in [5.74, 6) is 5.72. The number of hydrogen-bond acceptors (Lipinski definition) is 3. The highest BCUT2D eigenvalue weighted by Crippen LogP contribution is 2.43. The maximum absolute atomic E-state index is 11.7. The summed E-state index contributed by atoms with van der Waals surface area (Å²) < 4.78 is 11.8. The molecule has 0 saturated heterocycles. The van der Waals surface area contributed by atoms with E-state index in [9.17, 15) is 4.79 Å². The molecule has 0 saturated carbocycles. The smallest absolute Gasteiger partial charge is 0.330 e. The molecular formula is C20H36O3Si. The van der Waals surface area contributed by atoms with Crippen molar-refractivity contribution >= 4 is 14.3 Å². The van der Waals surface area contributed by atoms with Crippen LogP contribution in [0, 0.1) is 11.8 Å². The van der Waals surface area contributed by atoms with Gasteiger partial charge >= 0.3 is 5.97 Å². The highest BCUT2D eigenvalue weighted by molar-refractivity contribution is 6.77. The molecule has 0 aromatic heterocycles. The number of hydrogen-bond donors (Lipinski definition) is 0. The third-order valence-electron chi connectivity index (χ3n) is 4.53. The topological polar surface area (TPSA) is 35.5 Å². The van der Waals surface area contributed by atoms with Crippen LogP contribution < -0.4 is 0 Å². The summed E-state index contributed by atoms with van der Waals surface area (Å²) in [5.41, 5.74) is 1.52. The molecule has 138 valence electrons. The molecule has 3 nitrogen and oxygen atoms in total. The van der Waals surface area contributed by atoms with E-state index < -0.39 is 8.32 Å². The van der Waals surface area contributed by atoms with Crippen molar-refractivity contribution in [3.8, 4) is 11.8 Å². The van der Waals surface area contributed by atoms with E-state index >= 15 is 0 Å². The average molecular weight is 353 g/mol. The third kappa shape index (κ3) is 6.82. The minimum Gasteiger partial charge on any atom is -0.463 e. The molecule has 0 amide bonds. The van der Waals surface area contributed by atoms with Gasteiger partial charge in [-0.1, -0.05) is 41.5 Å². The van der Waals surface area contributed by atoms with Crippen LogP contribution in [0.25, 0.3) is 0 Å². The van der Waals surface area contributed by atoms with Gasteiger partial charge in [-0.25, -0.2) is 4.79 Å². The molecule has 0 aliphatic heterocycles. The molecule has 0 aliphatic rings. The van der Waals surface area contributed by atoms with Gasteiger partial charge in [0.05, 0.1) is 12.7 Å². The molecule has 0 spiro atoms. The van der Waals surface area contributed by atoms with Crippen molar-refractivity contribution in [2.45, 2.75) is 91.0 Å². The fourth-order valence-electron chi connectivity index (χ4n) is 3.58. The quantitative estimate of drug-likeness (QED) is 0.226. The lowest BCUT2D eigenvalue weighted by Crippen LogP contribution is -2.50. The van der Waals surface area contributed by atoms with E-state index in [0.29, 0.717) is 23.2 Å². The van der Waals surface area contributed by atoms with Crippen LogP contribution in [-0.2, 0) is 14.0 Å². The Balaban J connectivity index is 5.42. The molecule has 0 radical (unpaired) electrons. The minimum atomic E-state index is -1.99. The monoisotopic (exact) mass is 352 g/mol. The Morgan fingerprint density at radius 1 is 1.08 bits per heavy atom. The maximum atomic E-state index is 11.7. The van der Waals surface area contributed by atoms with Gasteiger partial charge < -0.3 is 9.16 Å². The van der Waals surface area contributed by atoms with Gasteiger partial charge in [-0.15, -0.1) is 11.8 Å². The molecule has 0 aromatic carbocycles. The molecule has 24 heavy (non-hydrogen) atoms. The Labute approximate surface area is 150 Å². The highest BCUT2D eigenvalue weighted by atomic mass is 28.4. The van der Waals surface area contributed by atoms with Gasteiger partial charge in [0.1, 0.15) is 0 Å². The first-order valence-electron chi connectivity index (χ1n) is 9.14. The molecule has 0 bridgehead atoms. The number of ether oxygens (including phenoxy) is 1. The van der Waals surface area contributed by atoms with Crippen molar-refractivity contribution in [2.24, 2.45) is 0 Å². The Morgan fingerprint density at radius 2 is 1.62 bits per heavy atom. The summed E-state index contributed by atoms with van der Waals surface area (Å²) >= 11 is 0. The summed E-state index contributed by atoms with van der Waals surface area (Å²) in [6, 6.07) is 0. The number of rotatable bonds is 10.